The zero-order valence-corrected chi connectivity index (χ0v) is 12.5. The number of aromatic nitrogens is 2. The first-order chi connectivity index (χ1) is 8.86. The molecule has 0 bridgehead atoms. The van der Waals surface area contributed by atoms with Gasteiger partial charge in [-0.15, -0.1) is 22.0 Å². The van der Waals surface area contributed by atoms with Gasteiger partial charge in [0, 0.05) is 16.0 Å². The van der Waals surface area contributed by atoms with E-state index in [9.17, 15) is 0 Å². The molecule has 0 radical (unpaired) electrons. The van der Waals surface area contributed by atoms with Crippen LogP contribution in [0.15, 0.2) is 27.5 Å². The lowest BCUT2D eigenvalue weighted by atomic mass is 9.97. The highest BCUT2D eigenvalue weighted by Crippen LogP contribution is 2.27. The van der Waals surface area contributed by atoms with Crippen LogP contribution in [0.2, 0.25) is 0 Å². The number of nitrogens with two attached hydrogens (primary N) is 1. The lowest BCUT2D eigenvalue weighted by Crippen LogP contribution is -2.11. The highest BCUT2D eigenvalue weighted by atomic mass is 32.2. The molecule has 0 spiro atoms. The van der Waals surface area contributed by atoms with Crippen molar-refractivity contribution in [2.75, 3.05) is 5.73 Å². The van der Waals surface area contributed by atoms with E-state index in [1.54, 1.807) is 11.8 Å². The van der Waals surface area contributed by atoms with E-state index in [1.807, 2.05) is 19.1 Å². The van der Waals surface area contributed by atoms with Crippen molar-refractivity contribution in [3.05, 3.63) is 35.5 Å². The summed E-state index contributed by atoms with van der Waals surface area (Å²) < 4.78 is 5.66. The molecule has 1 aromatic carbocycles. The molecule has 0 saturated heterocycles. The fourth-order valence-corrected chi connectivity index (χ4v) is 2.33. The average molecular weight is 277 g/mol. The van der Waals surface area contributed by atoms with Gasteiger partial charge in [0.05, 0.1) is 5.75 Å². The standard InChI is InChI=1S/C14H19N3OS/c1-9-7-10(5-6-11(9)15)19-8-12-16-17-13(18-12)14(2,3)4/h5-7H,8,15H2,1-4H3. The predicted octanol–water partition coefficient (Wildman–Crippen LogP) is 3.55. The van der Waals surface area contributed by atoms with Crippen LogP contribution in [0.1, 0.15) is 38.1 Å². The van der Waals surface area contributed by atoms with Crippen molar-refractivity contribution in [2.24, 2.45) is 0 Å². The largest absolute Gasteiger partial charge is 0.424 e. The number of aryl methyl sites for hydroxylation is 1. The summed E-state index contributed by atoms with van der Waals surface area (Å²) >= 11 is 1.67. The van der Waals surface area contributed by atoms with E-state index >= 15 is 0 Å². The molecule has 0 fully saturated rings. The smallest absolute Gasteiger partial charge is 0.226 e. The average Bonchev–Trinajstić information content (AvgIpc) is 2.79. The Morgan fingerprint density at radius 3 is 2.58 bits per heavy atom. The third-order valence-corrected chi connectivity index (χ3v) is 3.69. The normalized spacial score (nSPS) is 11.8. The third kappa shape index (κ3) is 3.50. The summed E-state index contributed by atoms with van der Waals surface area (Å²) in [6.07, 6.45) is 0. The molecule has 2 N–H and O–H groups in total. The molecule has 0 aliphatic carbocycles. The number of anilines is 1. The number of nitrogen functional groups attached to an aromatic ring is 1. The zero-order valence-electron chi connectivity index (χ0n) is 11.7. The monoisotopic (exact) mass is 277 g/mol. The highest BCUT2D eigenvalue weighted by Gasteiger charge is 2.21. The minimum atomic E-state index is -0.103. The summed E-state index contributed by atoms with van der Waals surface area (Å²) in [6.45, 7) is 8.17. The highest BCUT2D eigenvalue weighted by molar-refractivity contribution is 7.98. The molecule has 1 aromatic heterocycles. The van der Waals surface area contributed by atoms with Crippen molar-refractivity contribution >= 4 is 17.4 Å². The molecule has 0 aliphatic heterocycles. The molecular formula is C14H19N3OS. The Balaban J connectivity index is 2.02. The van der Waals surface area contributed by atoms with E-state index in [2.05, 4.69) is 37.0 Å². The molecule has 2 aromatic rings. The van der Waals surface area contributed by atoms with E-state index < -0.39 is 0 Å². The van der Waals surface area contributed by atoms with Gasteiger partial charge in [0.25, 0.3) is 0 Å². The second kappa shape index (κ2) is 5.25. The van der Waals surface area contributed by atoms with E-state index in [-0.39, 0.29) is 5.41 Å². The Morgan fingerprint density at radius 2 is 2.00 bits per heavy atom. The number of nitrogens with zero attached hydrogens (tertiary/aromatic N) is 2. The van der Waals surface area contributed by atoms with E-state index in [4.69, 9.17) is 10.2 Å². The van der Waals surface area contributed by atoms with Crippen molar-refractivity contribution in [1.82, 2.24) is 10.2 Å². The van der Waals surface area contributed by atoms with Crippen molar-refractivity contribution in [3.8, 4) is 0 Å². The van der Waals surface area contributed by atoms with Crippen LogP contribution in [0.25, 0.3) is 0 Å². The summed E-state index contributed by atoms with van der Waals surface area (Å²) in [5, 5.41) is 8.16. The number of rotatable bonds is 3. The van der Waals surface area contributed by atoms with Crippen LogP contribution in [0.4, 0.5) is 5.69 Å². The number of benzene rings is 1. The van der Waals surface area contributed by atoms with Crippen LogP contribution in [0.3, 0.4) is 0 Å². The van der Waals surface area contributed by atoms with Gasteiger partial charge in [-0.25, -0.2) is 0 Å². The fourth-order valence-electron chi connectivity index (χ4n) is 1.50. The predicted molar refractivity (Wildman–Crippen MR) is 78.2 cm³/mol. The molecule has 0 amide bonds. The Labute approximate surface area is 117 Å². The topological polar surface area (TPSA) is 64.9 Å². The summed E-state index contributed by atoms with van der Waals surface area (Å²) in [7, 11) is 0. The van der Waals surface area contributed by atoms with Crippen LogP contribution in [-0.4, -0.2) is 10.2 Å². The van der Waals surface area contributed by atoms with Gasteiger partial charge in [0.2, 0.25) is 11.8 Å². The first kappa shape index (κ1) is 13.9. The zero-order chi connectivity index (χ0) is 14.0. The summed E-state index contributed by atoms with van der Waals surface area (Å²) in [5.74, 6) is 2.01. The third-order valence-electron chi connectivity index (χ3n) is 2.71. The van der Waals surface area contributed by atoms with Crippen LogP contribution >= 0.6 is 11.8 Å². The Hall–Kier alpha value is -1.49. The maximum atomic E-state index is 5.80. The van der Waals surface area contributed by atoms with Crippen molar-refractivity contribution < 1.29 is 4.42 Å². The molecule has 0 atom stereocenters. The maximum Gasteiger partial charge on any atom is 0.226 e. The molecule has 4 nitrogen and oxygen atoms in total. The van der Waals surface area contributed by atoms with Gasteiger partial charge >= 0.3 is 0 Å². The van der Waals surface area contributed by atoms with Gasteiger partial charge < -0.3 is 10.2 Å². The van der Waals surface area contributed by atoms with E-state index in [0.717, 1.165) is 16.1 Å². The lowest BCUT2D eigenvalue weighted by Gasteiger charge is -2.10. The second-order valence-corrected chi connectivity index (χ2v) is 6.61. The first-order valence-corrected chi connectivity index (χ1v) is 7.16. The minimum absolute atomic E-state index is 0.103. The molecule has 19 heavy (non-hydrogen) atoms. The number of hydrogen-bond donors (Lipinski definition) is 1. The quantitative estimate of drug-likeness (QED) is 0.686. The van der Waals surface area contributed by atoms with Crippen molar-refractivity contribution in [3.63, 3.8) is 0 Å². The molecule has 102 valence electrons. The van der Waals surface area contributed by atoms with Gasteiger partial charge in [-0.1, -0.05) is 20.8 Å². The van der Waals surface area contributed by atoms with Crippen LogP contribution in [0, 0.1) is 6.92 Å². The summed E-state index contributed by atoms with van der Waals surface area (Å²) in [4.78, 5) is 1.15. The van der Waals surface area contributed by atoms with Crippen molar-refractivity contribution in [1.29, 1.82) is 0 Å². The SMILES string of the molecule is Cc1cc(SCc2nnc(C(C)(C)C)o2)ccc1N. The molecule has 1 heterocycles. The van der Waals surface area contributed by atoms with E-state index in [1.165, 1.54) is 0 Å². The first-order valence-electron chi connectivity index (χ1n) is 6.18. The molecule has 5 heteroatoms. The van der Waals surface area contributed by atoms with Crippen LogP contribution in [-0.2, 0) is 11.2 Å². The molecule has 2 rings (SSSR count). The van der Waals surface area contributed by atoms with Gasteiger partial charge in [0.15, 0.2) is 0 Å². The Bertz CT molecular complexity index is 572. The number of hydrogen-bond acceptors (Lipinski definition) is 5. The lowest BCUT2D eigenvalue weighted by molar-refractivity contribution is 0.378. The molecule has 0 aliphatic rings. The molecule has 0 saturated carbocycles. The fraction of sp³-hybridized carbons (Fsp3) is 0.429. The Kier molecular flexibility index (Phi) is 3.85. The molecule has 0 unspecified atom stereocenters. The Morgan fingerprint density at radius 1 is 1.26 bits per heavy atom. The second-order valence-electron chi connectivity index (χ2n) is 5.56. The van der Waals surface area contributed by atoms with Crippen LogP contribution in [0.5, 0.6) is 0 Å². The van der Waals surface area contributed by atoms with Crippen LogP contribution < -0.4 is 5.73 Å². The minimum Gasteiger partial charge on any atom is -0.424 e. The van der Waals surface area contributed by atoms with Gasteiger partial charge in [-0.05, 0) is 30.7 Å². The van der Waals surface area contributed by atoms with Gasteiger partial charge in [0.1, 0.15) is 0 Å². The van der Waals surface area contributed by atoms with Crippen molar-refractivity contribution in [2.45, 2.75) is 43.8 Å². The maximum absolute atomic E-state index is 5.80. The summed E-state index contributed by atoms with van der Waals surface area (Å²) in [6, 6.07) is 6.00. The van der Waals surface area contributed by atoms with Gasteiger partial charge in [-0.2, -0.15) is 0 Å². The number of thioether (sulfide) groups is 1. The van der Waals surface area contributed by atoms with Gasteiger partial charge in [-0.3, -0.25) is 0 Å². The summed E-state index contributed by atoms with van der Waals surface area (Å²) in [5.41, 5.74) is 7.60. The van der Waals surface area contributed by atoms with E-state index in [0.29, 0.717) is 17.5 Å². The molecular weight excluding hydrogens is 258 g/mol.